The van der Waals surface area contributed by atoms with Gasteiger partial charge in [0.05, 0.1) is 5.57 Å². The summed E-state index contributed by atoms with van der Waals surface area (Å²) in [5.41, 5.74) is 5.59. The van der Waals surface area contributed by atoms with E-state index < -0.39 is 0 Å². The van der Waals surface area contributed by atoms with E-state index in [1.807, 2.05) is 13.0 Å². The second-order valence-corrected chi connectivity index (χ2v) is 9.78. The van der Waals surface area contributed by atoms with Crippen molar-refractivity contribution in [2.45, 2.75) is 52.9 Å². The third-order valence-electron chi connectivity index (χ3n) is 6.45. The second-order valence-electron chi connectivity index (χ2n) is 8.79. The highest BCUT2D eigenvalue weighted by Gasteiger charge is 2.38. The molecule has 2 aromatic rings. The molecular formula is C25H27N5OS. The van der Waals surface area contributed by atoms with Gasteiger partial charge in [0.2, 0.25) is 5.17 Å². The van der Waals surface area contributed by atoms with Crippen molar-refractivity contribution >= 4 is 39.8 Å². The Morgan fingerprint density at radius 1 is 1.12 bits per heavy atom. The number of fused-ring (bicyclic) bond motifs is 1. The summed E-state index contributed by atoms with van der Waals surface area (Å²) < 4.78 is 2.18. The maximum absolute atomic E-state index is 12.9. The van der Waals surface area contributed by atoms with Crippen LogP contribution in [0.15, 0.2) is 46.0 Å². The van der Waals surface area contributed by atoms with Crippen molar-refractivity contribution in [3.8, 4) is 5.69 Å². The Balaban J connectivity index is 1.48. The van der Waals surface area contributed by atoms with Crippen molar-refractivity contribution in [2.24, 2.45) is 16.0 Å². The summed E-state index contributed by atoms with van der Waals surface area (Å²) in [6.45, 7) is 6.17. The molecule has 0 unspecified atom stereocenters. The van der Waals surface area contributed by atoms with Crippen LogP contribution in [0.25, 0.3) is 11.8 Å². The predicted octanol–water partition coefficient (Wildman–Crippen LogP) is 5.60. The average molecular weight is 446 g/mol. The summed E-state index contributed by atoms with van der Waals surface area (Å²) >= 11 is 1.46. The first-order chi connectivity index (χ1) is 15.4. The van der Waals surface area contributed by atoms with E-state index in [1.54, 1.807) is 11.1 Å². The molecule has 2 aliphatic heterocycles. The fourth-order valence-corrected chi connectivity index (χ4v) is 5.83. The molecule has 0 atom stereocenters. The highest BCUT2D eigenvalue weighted by molar-refractivity contribution is 8.27. The van der Waals surface area contributed by atoms with Crippen molar-refractivity contribution in [3.05, 3.63) is 58.4 Å². The molecule has 1 amide bonds. The second kappa shape index (κ2) is 8.20. The van der Waals surface area contributed by atoms with Crippen LogP contribution in [0, 0.1) is 32.1 Å². The van der Waals surface area contributed by atoms with Crippen molar-refractivity contribution < 1.29 is 4.79 Å². The van der Waals surface area contributed by atoms with Crippen LogP contribution in [0.3, 0.4) is 0 Å². The minimum absolute atomic E-state index is 0.110. The molecule has 0 saturated heterocycles. The van der Waals surface area contributed by atoms with Gasteiger partial charge < -0.3 is 4.57 Å². The SMILES string of the molecule is Cc1cccc(-n2c(C)cc(/C=C3/C(=N)N4N=C(C5CCCCC5)SC4=NC3=O)c2C)c1. The number of carbonyl (C=O) groups excluding carboxylic acids is 1. The molecule has 1 fully saturated rings. The van der Waals surface area contributed by atoms with E-state index in [-0.39, 0.29) is 17.3 Å². The molecule has 0 spiro atoms. The minimum atomic E-state index is -0.366. The zero-order valence-electron chi connectivity index (χ0n) is 18.7. The maximum Gasteiger partial charge on any atom is 0.283 e. The standard InChI is InChI=1S/C25H27N5OS/c1-15-8-7-11-20(12-15)29-16(2)13-19(17(29)3)14-21-22(26)30-25(27-23(21)31)32-24(28-30)18-9-5-4-6-10-18/h7-8,11-14,18,26H,4-6,9-10H2,1-3H3/b21-14-,26-22?. The van der Waals surface area contributed by atoms with Crippen LogP contribution in [0.1, 0.15) is 54.6 Å². The Labute approximate surface area is 192 Å². The van der Waals surface area contributed by atoms with Gasteiger partial charge >= 0.3 is 0 Å². The van der Waals surface area contributed by atoms with Crippen LogP contribution in [0.5, 0.6) is 0 Å². The number of nitrogens with zero attached hydrogens (tertiary/aromatic N) is 4. The van der Waals surface area contributed by atoms with E-state index >= 15 is 0 Å². The third kappa shape index (κ3) is 3.64. The molecule has 6 nitrogen and oxygen atoms in total. The smallest absolute Gasteiger partial charge is 0.283 e. The van der Waals surface area contributed by atoms with E-state index in [0.29, 0.717) is 11.1 Å². The number of carbonyl (C=O) groups is 1. The molecule has 164 valence electrons. The normalized spacial score (nSPS) is 20.6. The number of hydrogen-bond acceptors (Lipinski definition) is 4. The van der Waals surface area contributed by atoms with Crippen molar-refractivity contribution in [3.63, 3.8) is 0 Å². The van der Waals surface area contributed by atoms with Crippen LogP contribution in [0.2, 0.25) is 0 Å². The van der Waals surface area contributed by atoms with E-state index in [0.717, 1.165) is 40.5 Å². The zero-order chi connectivity index (χ0) is 22.4. The average Bonchev–Trinajstić information content (AvgIpc) is 3.32. The van der Waals surface area contributed by atoms with Crippen LogP contribution >= 0.6 is 11.8 Å². The molecule has 5 rings (SSSR count). The molecule has 1 aromatic carbocycles. The molecule has 1 aromatic heterocycles. The van der Waals surface area contributed by atoms with Gasteiger partial charge in [0.15, 0.2) is 5.84 Å². The number of thioether (sulfide) groups is 1. The highest BCUT2D eigenvalue weighted by Crippen LogP contribution is 2.36. The predicted molar refractivity (Wildman–Crippen MR) is 132 cm³/mol. The number of nitrogens with one attached hydrogen (secondary N) is 1. The lowest BCUT2D eigenvalue weighted by Crippen LogP contribution is -2.35. The lowest BCUT2D eigenvalue weighted by Gasteiger charge is -2.20. The number of benzene rings is 1. The number of hydrogen-bond donors (Lipinski definition) is 1. The summed E-state index contributed by atoms with van der Waals surface area (Å²) in [5, 5.41) is 16.5. The van der Waals surface area contributed by atoms with Crippen LogP contribution in [-0.4, -0.2) is 31.5 Å². The molecule has 7 heteroatoms. The summed E-state index contributed by atoms with van der Waals surface area (Å²) in [6.07, 6.45) is 7.76. The summed E-state index contributed by atoms with van der Waals surface area (Å²) in [4.78, 5) is 17.1. The Bertz CT molecular complexity index is 1210. The minimum Gasteiger partial charge on any atom is -0.318 e. The Hall–Kier alpha value is -2.93. The number of aryl methyl sites for hydroxylation is 2. The Morgan fingerprint density at radius 3 is 2.66 bits per heavy atom. The largest absolute Gasteiger partial charge is 0.318 e. The number of aliphatic imine (C=N–C) groups is 1. The van der Waals surface area contributed by atoms with Gasteiger partial charge in [-0.3, -0.25) is 10.2 Å². The van der Waals surface area contributed by atoms with Crippen molar-refractivity contribution in [1.82, 2.24) is 9.58 Å². The van der Waals surface area contributed by atoms with Gasteiger partial charge in [-0.25, -0.2) is 0 Å². The van der Waals surface area contributed by atoms with Gasteiger partial charge in [0, 0.05) is 23.0 Å². The molecule has 3 aliphatic rings. The number of amides is 1. The fourth-order valence-electron chi connectivity index (χ4n) is 4.78. The maximum atomic E-state index is 12.9. The topological polar surface area (TPSA) is 73.8 Å². The van der Waals surface area contributed by atoms with Crippen LogP contribution in [-0.2, 0) is 4.79 Å². The fraction of sp³-hybridized carbons (Fsp3) is 0.360. The van der Waals surface area contributed by atoms with E-state index in [4.69, 9.17) is 10.5 Å². The molecule has 32 heavy (non-hydrogen) atoms. The van der Waals surface area contributed by atoms with Crippen LogP contribution in [0.4, 0.5) is 0 Å². The summed E-state index contributed by atoms with van der Waals surface area (Å²) in [5.74, 6) is 0.165. The van der Waals surface area contributed by atoms with Gasteiger partial charge in [-0.2, -0.15) is 15.1 Å². The first kappa shape index (κ1) is 20.9. The van der Waals surface area contributed by atoms with Gasteiger partial charge in [-0.05, 0) is 80.8 Å². The van der Waals surface area contributed by atoms with Gasteiger partial charge in [-0.15, -0.1) is 0 Å². The van der Waals surface area contributed by atoms with Gasteiger partial charge in [-0.1, -0.05) is 31.4 Å². The Morgan fingerprint density at radius 2 is 1.91 bits per heavy atom. The third-order valence-corrected chi connectivity index (χ3v) is 7.53. The van der Waals surface area contributed by atoms with Crippen molar-refractivity contribution in [2.75, 3.05) is 0 Å². The molecular weight excluding hydrogens is 418 g/mol. The molecule has 1 saturated carbocycles. The highest BCUT2D eigenvalue weighted by atomic mass is 32.2. The molecule has 3 heterocycles. The van der Waals surface area contributed by atoms with Gasteiger partial charge in [0.25, 0.3) is 5.91 Å². The number of hydrazone groups is 1. The molecule has 1 N–H and O–H groups in total. The Kier molecular flexibility index (Phi) is 5.37. The van der Waals surface area contributed by atoms with Crippen LogP contribution < -0.4 is 0 Å². The monoisotopic (exact) mass is 445 g/mol. The lowest BCUT2D eigenvalue weighted by atomic mass is 9.90. The lowest BCUT2D eigenvalue weighted by molar-refractivity contribution is -0.114. The van der Waals surface area contributed by atoms with E-state index in [1.165, 1.54) is 36.6 Å². The summed E-state index contributed by atoms with van der Waals surface area (Å²) in [7, 11) is 0. The quantitative estimate of drug-likeness (QED) is 0.625. The van der Waals surface area contributed by atoms with Crippen molar-refractivity contribution in [1.29, 1.82) is 5.41 Å². The van der Waals surface area contributed by atoms with E-state index in [9.17, 15) is 4.79 Å². The number of rotatable bonds is 3. The first-order valence-electron chi connectivity index (χ1n) is 11.2. The molecule has 0 bridgehead atoms. The molecule has 0 radical (unpaired) electrons. The molecule has 1 aliphatic carbocycles. The number of aromatic nitrogens is 1. The van der Waals surface area contributed by atoms with E-state index in [2.05, 4.69) is 47.7 Å². The van der Waals surface area contributed by atoms with Gasteiger partial charge in [0.1, 0.15) is 5.04 Å². The first-order valence-corrected chi connectivity index (χ1v) is 12.0. The summed E-state index contributed by atoms with van der Waals surface area (Å²) in [6, 6.07) is 10.4. The number of amidine groups is 2. The zero-order valence-corrected chi connectivity index (χ0v) is 19.5.